The summed E-state index contributed by atoms with van der Waals surface area (Å²) in [6, 6.07) is 0. The molecule has 1 rings (SSSR count). The molecular weight excluding hydrogens is 192 g/mol. The quantitative estimate of drug-likeness (QED) is 0.427. The van der Waals surface area contributed by atoms with Crippen molar-refractivity contribution in [2.75, 3.05) is 0 Å². The molecule has 1 aliphatic heterocycles. The van der Waals surface area contributed by atoms with Crippen LogP contribution in [0.5, 0.6) is 0 Å². The number of rotatable bonds is 0. The first kappa shape index (κ1) is 8.43. The molecule has 60 valence electrons. The van der Waals surface area contributed by atoms with Crippen molar-refractivity contribution in [3.63, 3.8) is 0 Å². The lowest BCUT2D eigenvalue weighted by Gasteiger charge is -2.10. The van der Waals surface area contributed by atoms with Gasteiger partial charge in [-0.3, -0.25) is 0 Å². The maximum absolute atomic E-state index is 11.8. The Labute approximate surface area is 65.0 Å². The predicted molar refractivity (Wildman–Crippen MR) is 30.0 cm³/mol. The molecule has 0 aromatic heterocycles. The molecule has 0 N–H and O–H groups in total. The van der Waals surface area contributed by atoms with Crippen molar-refractivity contribution in [3.8, 4) is 0 Å². The zero-order chi connectivity index (χ0) is 8.21. The lowest BCUT2D eigenvalue weighted by molar-refractivity contribution is -0.178. The summed E-state index contributed by atoms with van der Waals surface area (Å²) in [5, 5.41) is 0. The van der Waals surface area contributed by atoms with Crippen LogP contribution in [0, 0.1) is 0 Å². The van der Waals surface area contributed by atoms with Crippen LogP contribution < -0.4 is 0 Å². The van der Waals surface area contributed by atoms with Gasteiger partial charge >= 0.3 is 6.18 Å². The summed E-state index contributed by atoms with van der Waals surface area (Å²) in [6.45, 7) is 0.799. The van der Waals surface area contributed by atoms with Crippen LogP contribution in [0.4, 0.5) is 13.2 Å². The zero-order valence-corrected chi connectivity index (χ0v) is 6.31. The van der Waals surface area contributed by atoms with E-state index in [9.17, 15) is 13.2 Å². The topological polar surface area (TPSA) is 12.5 Å². The fourth-order valence-electron chi connectivity index (χ4n) is 0.454. The first-order valence-electron chi connectivity index (χ1n) is 2.35. The van der Waals surface area contributed by atoms with Crippen LogP contribution >= 0.6 is 23.2 Å². The third kappa shape index (κ3) is 0.898. The molecule has 0 spiro atoms. The monoisotopic (exact) mass is 194 g/mol. The SMILES string of the molecule is CC1(C(F)(F)F)OC1(Cl)Cl. The van der Waals surface area contributed by atoms with Gasteiger partial charge in [-0.25, -0.2) is 0 Å². The molecule has 1 atom stereocenters. The number of halogens is 5. The minimum absolute atomic E-state index is 0.799. The second-order valence-corrected chi connectivity index (χ2v) is 3.41. The zero-order valence-electron chi connectivity index (χ0n) is 4.80. The molecule has 0 amide bonds. The Morgan fingerprint density at radius 3 is 1.60 bits per heavy atom. The molecule has 10 heavy (non-hydrogen) atoms. The van der Waals surface area contributed by atoms with Crippen LogP contribution in [0.25, 0.3) is 0 Å². The summed E-state index contributed by atoms with van der Waals surface area (Å²) >= 11 is 10.1. The number of hydrogen-bond acceptors (Lipinski definition) is 1. The molecule has 0 bridgehead atoms. The van der Waals surface area contributed by atoms with Gasteiger partial charge in [-0.15, -0.1) is 0 Å². The predicted octanol–water partition coefficient (Wildman–Crippen LogP) is 2.47. The van der Waals surface area contributed by atoms with Crippen molar-refractivity contribution in [3.05, 3.63) is 0 Å². The Morgan fingerprint density at radius 1 is 1.30 bits per heavy atom. The standard InChI is InChI=1S/C4H3Cl2F3O/c1-2(4(7,8)9)3(5,6)10-2/h1H3. The summed E-state index contributed by atoms with van der Waals surface area (Å²) in [4.78, 5) is 0. The van der Waals surface area contributed by atoms with Crippen molar-refractivity contribution < 1.29 is 17.9 Å². The summed E-state index contributed by atoms with van der Waals surface area (Å²) in [5.74, 6) is 0. The maximum atomic E-state index is 11.8. The molecule has 0 aromatic carbocycles. The molecule has 1 saturated heterocycles. The Bertz CT molecular complexity index is 166. The third-order valence-electron chi connectivity index (χ3n) is 1.39. The smallest absolute Gasteiger partial charge is 0.322 e. The van der Waals surface area contributed by atoms with Gasteiger partial charge in [-0.1, -0.05) is 23.2 Å². The van der Waals surface area contributed by atoms with E-state index in [0.29, 0.717) is 0 Å². The van der Waals surface area contributed by atoms with Crippen LogP contribution in [0.2, 0.25) is 0 Å². The highest BCUT2D eigenvalue weighted by Gasteiger charge is 2.79. The normalized spacial score (nSPS) is 37.8. The van der Waals surface area contributed by atoms with Crippen LogP contribution in [-0.4, -0.2) is 16.3 Å². The fourth-order valence-corrected chi connectivity index (χ4v) is 0.977. The van der Waals surface area contributed by atoms with Crippen LogP contribution in [-0.2, 0) is 4.74 Å². The van der Waals surface area contributed by atoms with Crippen molar-refractivity contribution >= 4 is 23.2 Å². The van der Waals surface area contributed by atoms with Crippen molar-refractivity contribution in [2.24, 2.45) is 0 Å². The van der Waals surface area contributed by atoms with Gasteiger partial charge in [0.1, 0.15) is 0 Å². The number of hydrogen-bond donors (Lipinski definition) is 0. The summed E-state index contributed by atoms with van der Waals surface area (Å²) < 4.78 is 37.5. The average Bonchev–Trinajstić information content (AvgIpc) is 2.05. The lowest BCUT2D eigenvalue weighted by atomic mass is 10.2. The molecule has 1 aliphatic rings. The second kappa shape index (κ2) is 1.73. The van der Waals surface area contributed by atoms with Crippen LogP contribution in [0.15, 0.2) is 0 Å². The molecule has 0 saturated carbocycles. The molecule has 1 fully saturated rings. The van der Waals surface area contributed by atoms with E-state index in [0.717, 1.165) is 6.92 Å². The van der Waals surface area contributed by atoms with Gasteiger partial charge in [-0.2, -0.15) is 13.2 Å². The summed E-state index contributed by atoms with van der Waals surface area (Å²) in [6.07, 6.45) is -4.50. The van der Waals surface area contributed by atoms with E-state index < -0.39 is 16.3 Å². The first-order chi connectivity index (χ1) is 4.21. The highest BCUT2D eigenvalue weighted by molar-refractivity contribution is 6.50. The van der Waals surface area contributed by atoms with Crippen molar-refractivity contribution in [1.82, 2.24) is 0 Å². The highest BCUT2D eigenvalue weighted by atomic mass is 35.5. The van der Waals surface area contributed by atoms with E-state index in [4.69, 9.17) is 23.2 Å². The Morgan fingerprint density at radius 2 is 1.60 bits per heavy atom. The van der Waals surface area contributed by atoms with Gasteiger partial charge in [0, 0.05) is 0 Å². The molecule has 0 radical (unpaired) electrons. The Balaban J connectivity index is 2.78. The number of ether oxygens (including phenoxy) is 1. The van der Waals surface area contributed by atoms with E-state index >= 15 is 0 Å². The largest absolute Gasteiger partial charge is 0.422 e. The first-order valence-corrected chi connectivity index (χ1v) is 3.11. The van der Waals surface area contributed by atoms with Gasteiger partial charge in [0.2, 0.25) is 5.60 Å². The molecular formula is C4H3Cl2F3O. The van der Waals surface area contributed by atoms with Crippen LogP contribution in [0.3, 0.4) is 0 Å². The molecule has 6 heteroatoms. The molecule has 0 aromatic rings. The van der Waals surface area contributed by atoms with E-state index in [1.54, 1.807) is 0 Å². The van der Waals surface area contributed by atoms with E-state index in [-0.39, 0.29) is 0 Å². The summed E-state index contributed by atoms with van der Waals surface area (Å²) in [5.41, 5.74) is -2.39. The Kier molecular flexibility index (Phi) is 1.46. The molecule has 1 unspecified atom stereocenters. The van der Waals surface area contributed by atoms with Gasteiger partial charge in [0.25, 0.3) is 4.52 Å². The van der Waals surface area contributed by atoms with Gasteiger partial charge in [0.05, 0.1) is 0 Å². The van der Waals surface area contributed by atoms with Crippen LogP contribution in [0.1, 0.15) is 6.92 Å². The van der Waals surface area contributed by atoms with Crippen molar-refractivity contribution in [1.29, 1.82) is 0 Å². The number of alkyl halides is 5. The minimum atomic E-state index is -4.50. The van der Waals surface area contributed by atoms with E-state index in [1.165, 1.54) is 0 Å². The number of epoxide rings is 1. The highest BCUT2D eigenvalue weighted by Crippen LogP contribution is 2.62. The van der Waals surface area contributed by atoms with E-state index in [2.05, 4.69) is 4.74 Å². The minimum Gasteiger partial charge on any atom is -0.322 e. The average molecular weight is 195 g/mol. The summed E-state index contributed by atoms with van der Waals surface area (Å²) in [7, 11) is 0. The Hall–Kier alpha value is 0.330. The van der Waals surface area contributed by atoms with Gasteiger partial charge in [-0.05, 0) is 6.92 Å². The third-order valence-corrected chi connectivity index (χ3v) is 2.26. The van der Waals surface area contributed by atoms with Crippen molar-refractivity contribution in [2.45, 2.75) is 23.2 Å². The maximum Gasteiger partial charge on any atom is 0.422 e. The van der Waals surface area contributed by atoms with Gasteiger partial charge in [0.15, 0.2) is 0 Å². The molecule has 1 nitrogen and oxygen atoms in total. The van der Waals surface area contributed by atoms with Gasteiger partial charge < -0.3 is 4.74 Å². The second-order valence-electron chi connectivity index (χ2n) is 2.15. The molecule has 0 aliphatic carbocycles. The molecule has 1 heterocycles. The lowest BCUT2D eigenvalue weighted by Crippen LogP contribution is -2.33. The fraction of sp³-hybridized carbons (Fsp3) is 1.00. The van der Waals surface area contributed by atoms with E-state index in [1.807, 2.05) is 0 Å².